The number of benzene rings is 1. The van der Waals surface area contributed by atoms with Crippen LogP contribution >= 0.6 is 28.1 Å². The Morgan fingerprint density at radius 3 is 2.59 bits per heavy atom. The van der Waals surface area contributed by atoms with Crippen molar-refractivity contribution in [3.05, 3.63) is 33.8 Å². The molecule has 1 aromatic rings. The number of amides is 1. The molecule has 0 radical (unpaired) electrons. The first-order valence-electron chi connectivity index (χ1n) is 5.17. The number of nitrogens with two attached hydrogens (primary N) is 1. The molecule has 0 aromatic heterocycles. The maximum atomic E-state index is 12.2. The molecule has 3 nitrogen and oxygen atoms in total. The van der Waals surface area contributed by atoms with Crippen molar-refractivity contribution in [2.45, 2.75) is 19.9 Å². The monoisotopic (exact) mass is 314 g/mol. The van der Waals surface area contributed by atoms with E-state index in [0.717, 1.165) is 10.0 Å². The molecule has 0 aliphatic rings. The average molecular weight is 315 g/mol. The highest BCUT2D eigenvalue weighted by molar-refractivity contribution is 9.10. The topological polar surface area (TPSA) is 46.3 Å². The van der Waals surface area contributed by atoms with Crippen LogP contribution in [0.25, 0.3) is 0 Å². The van der Waals surface area contributed by atoms with Gasteiger partial charge in [0, 0.05) is 17.1 Å². The number of halogens is 1. The van der Waals surface area contributed by atoms with E-state index in [4.69, 9.17) is 18.0 Å². The summed E-state index contributed by atoms with van der Waals surface area (Å²) in [6.45, 7) is 3.71. The van der Waals surface area contributed by atoms with Gasteiger partial charge in [0.25, 0.3) is 5.91 Å². The third-order valence-electron chi connectivity index (χ3n) is 2.73. The van der Waals surface area contributed by atoms with Crippen LogP contribution in [0.5, 0.6) is 0 Å². The van der Waals surface area contributed by atoms with Crippen LogP contribution < -0.4 is 5.73 Å². The molecule has 0 spiro atoms. The predicted molar refractivity (Wildman–Crippen MR) is 77.2 cm³/mol. The third kappa shape index (κ3) is 3.26. The Bertz CT molecular complexity index is 462. The Balaban J connectivity index is 3.00. The van der Waals surface area contributed by atoms with Crippen molar-refractivity contribution >= 4 is 39.0 Å². The Hall–Kier alpha value is -0.940. The summed E-state index contributed by atoms with van der Waals surface area (Å²) in [5.74, 6) is -0.0738. The summed E-state index contributed by atoms with van der Waals surface area (Å²) in [6, 6.07) is 5.30. The highest BCUT2D eigenvalue weighted by Crippen LogP contribution is 2.17. The first kappa shape index (κ1) is 14.1. The summed E-state index contributed by atoms with van der Waals surface area (Å²) < 4.78 is 0.955. The van der Waals surface area contributed by atoms with Gasteiger partial charge in [0.2, 0.25) is 0 Å². The molecule has 0 fully saturated rings. The zero-order valence-corrected chi connectivity index (χ0v) is 12.4. The minimum atomic E-state index is -0.249. The largest absolute Gasteiger partial charge is 0.392 e. The van der Waals surface area contributed by atoms with Gasteiger partial charge in [-0.05, 0) is 37.6 Å². The lowest BCUT2D eigenvalue weighted by atomic mass is 10.1. The fourth-order valence-electron chi connectivity index (χ4n) is 1.42. The van der Waals surface area contributed by atoms with Crippen molar-refractivity contribution in [3.8, 4) is 0 Å². The van der Waals surface area contributed by atoms with Crippen LogP contribution in [-0.4, -0.2) is 28.9 Å². The normalized spacial score (nSPS) is 12.0. The van der Waals surface area contributed by atoms with E-state index in [1.165, 1.54) is 0 Å². The summed E-state index contributed by atoms with van der Waals surface area (Å²) in [7, 11) is 1.70. The second kappa shape index (κ2) is 5.60. The lowest BCUT2D eigenvalue weighted by molar-refractivity contribution is 0.0778. The van der Waals surface area contributed by atoms with Gasteiger partial charge in [0.15, 0.2) is 0 Å². The number of hydrogen-bond donors (Lipinski definition) is 1. The molecular formula is C12H15BrN2OS. The molecule has 1 amide bonds. The van der Waals surface area contributed by atoms with Crippen LogP contribution in [0.1, 0.15) is 22.8 Å². The number of rotatable bonds is 3. The molecule has 1 aromatic carbocycles. The Morgan fingerprint density at radius 1 is 1.53 bits per heavy atom. The summed E-state index contributed by atoms with van der Waals surface area (Å²) in [6.07, 6.45) is 0. The van der Waals surface area contributed by atoms with Gasteiger partial charge < -0.3 is 10.6 Å². The molecule has 1 unspecified atom stereocenters. The van der Waals surface area contributed by atoms with E-state index in [2.05, 4.69) is 15.9 Å². The van der Waals surface area contributed by atoms with E-state index in [0.29, 0.717) is 10.6 Å². The zero-order valence-electron chi connectivity index (χ0n) is 10.0. The number of carbonyl (C=O) groups is 1. The summed E-state index contributed by atoms with van der Waals surface area (Å²) >= 11 is 8.26. The maximum absolute atomic E-state index is 12.2. The van der Waals surface area contributed by atoms with Crippen molar-refractivity contribution in [2.75, 3.05) is 7.05 Å². The third-order valence-corrected chi connectivity index (χ3v) is 3.57. The molecule has 1 atom stereocenters. The van der Waals surface area contributed by atoms with E-state index < -0.39 is 0 Å². The number of nitrogens with zero attached hydrogens (tertiary/aromatic N) is 1. The summed E-state index contributed by atoms with van der Waals surface area (Å²) in [4.78, 5) is 14.1. The van der Waals surface area contributed by atoms with Gasteiger partial charge in [-0.25, -0.2) is 0 Å². The molecule has 0 bridgehead atoms. The number of hydrogen-bond acceptors (Lipinski definition) is 2. The fraction of sp³-hybridized carbons (Fsp3) is 0.333. The molecule has 0 aliphatic heterocycles. The molecule has 1 rings (SSSR count). The van der Waals surface area contributed by atoms with Gasteiger partial charge in [-0.3, -0.25) is 4.79 Å². The molecule has 92 valence electrons. The van der Waals surface area contributed by atoms with Gasteiger partial charge in [0.1, 0.15) is 0 Å². The Morgan fingerprint density at radius 2 is 2.12 bits per heavy atom. The predicted octanol–water partition coefficient (Wildman–Crippen LogP) is 2.50. The number of thiocarbonyl (C=S) groups is 1. The number of aryl methyl sites for hydroxylation is 1. The molecule has 0 saturated carbocycles. The second-order valence-corrected chi connectivity index (χ2v) is 5.34. The minimum absolute atomic E-state index is 0.0738. The highest BCUT2D eigenvalue weighted by Gasteiger charge is 2.20. The minimum Gasteiger partial charge on any atom is -0.392 e. The van der Waals surface area contributed by atoms with Crippen molar-refractivity contribution in [1.29, 1.82) is 0 Å². The average Bonchev–Trinajstić information content (AvgIpc) is 2.26. The summed E-state index contributed by atoms with van der Waals surface area (Å²) in [5.41, 5.74) is 7.13. The first-order chi connectivity index (χ1) is 7.84. The van der Waals surface area contributed by atoms with Crippen LogP contribution in [-0.2, 0) is 0 Å². The van der Waals surface area contributed by atoms with Crippen molar-refractivity contribution < 1.29 is 4.79 Å². The van der Waals surface area contributed by atoms with Gasteiger partial charge >= 0.3 is 0 Å². The van der Waals surface area contributed by atoms with Crippen LogP contribution in [0.4, 0.5) is 0 Å². The van der Waals surface area contributed by atoms with E-state index in [-0.39, 0.29) is 11.9 Å². The first-order valence-corrected chi connectivity index (χ1v) is 6.37. The second-order valence-electron chi connectivity index (χ2n) is 3.95. The molecule has 0 heterocycles. The lowest BCUT2D eigenvalue weighted by Gasteiger charge is -2.24. The van der Waals surface area contributed by atoms with Crippen molar-refractivity contribution in [3.63, 3.8) is 0 Å². The summed E-state index contributed by atoms with van der Waals surface area (Å²) in [5, 5.41) is 0. The fourth-order valence-corrected chi connectivity index (χ4v) is 2.06. The molecule has 0 aliphatic carbocycles. The number of carbonyl (C=O) groups excluding carboxylic acids is 1. The Labute approximate surface area is 115 Å². The number of likely N-dealkylation sites (N-methyl/N-ethyl adjacent to an activating group) is 1. The lowest BCUT2D eigenvalue weighted by Crippen LogP contribution is -2.42. The molecular weight excluding hydrogens is 300 g/mol. The molecule has 2 N–H and O–H groups in total. The van der Waals surface area contributed by atoms with E-state index in [9.17, 15) is 4.79 Å². The SMILES string of the molecule is Cc1cc(Br)ccc1C(=O)N(C)C(C)C(N)=S. The van der Waals surface area contributed by atoms with Crippen molar-refractivity contribution in [1.82, 2.24) is 4.90 Å². The quantitative estimate of drug-likeness (QED) is 0.872. The molecule has 0 saturated heterocycles. The molecule has 17 heavy (non-hydrogen) atoms. The zero-order chi connectivity index (χ0) is 13.2. The highest BCUT2D eigenvalue weighted by atomic mass is 79.9. The van der Waals surface area contributed by atoms with Gasteiger partial charge in [0.05, 0.1) is 11.0 Å². The standard InChI is InChI=1S/C12H15BrN2OS/c1-7-6-9(13)4-5-10(7)12(16)15(3)8(2)11(14)17/h4-6,8H,1-3H3,(H2,14,17). The van der Waals surface area contributed by atoms with Crippen molar-refractivity contribution in [2.24, 2.45) is 5.73 Å². The van der Waals surface area contributed by atoms with Gasteiger partial charge in [-0.2, -0.15) is 0 Å². The smallest absolute Gasteiger partial charge is 0.254 e. The van der Waals surface area contributed by atoms with E-state index in [1.807, 2.05) is 26.0 Å². The van der Waals surface area contributed by atoms with Crippen LogP contribution in [0.15, 0.2) is 22.7 Å². The maximum Gasteiger partial charge on any atom is 0.254 e. The van der Waals surface area contributed by atoms with E-state index >= 15 is 0 Å². The Kier molecular flexibility index (Phi) is 4.65. The van der Waals surface area contributed by atoms with Crippen LogP contribution in [0.2, 0.25) is 0 Å². The van der Waals surface area contributed by atoms with Crippen LogP contribution in [0.3, 0.4) is 0 Å². The van der Waals surface area contributed by atoms with Crippen LogP contribution in [0, 0.1) is 6.92 Å². The molecule has 5 heteroatoms. The van der Waals surface area contributed by atoms with E-state index in [1.54, 1.807) is 18.0 Å². The van der Waals surface area contributed by atoms with Gasteiger partial charge in [-0.1, -0.05) is 28.1 Å². The van der Waals surface area contributed by atoms with Gasteiger partial charge in [-0.15, -0.1) is 0 Å².